The minimum Gasteiger partial charge on any atom is -0.0984 e. The highest BCUT2D eigenvalue weighted by atomic mass is 32.2. The van der Waals surface area contributed by atoms with Gasteiger partial charge < -0.3 is 0 Å². The highest BCUT2D eigenvalue weighted by molar-refractivity contribution is 8.02. The molecule has 0 aliphatic rings. The Bertz CT molecular complexity index is 300. The van der Waals surface area contributed by atoms with E-state index in [0.29, 0.717) is 0 Å². The fourth-order valence-corrected chi connectivity index (χ4v) is 1.72. The second-order valence-electron chi connectivity index (χ2n) is 2.53. The van der Waals surface area contributed by atoms with Gasteiger partial charge in [0.2, 0.25) is 0 Å². The molecule has 0 saturated heterocycles. The van der Waals surface area contributed by atoms with Crippen molar-refractivity contribution in [2.45, 2.75) is 39.5 Å². The lowest BCUT2D eigenvalue weighted by atomic mass is 10.1. The van der Waals surface area contributed by atoms with Crippen molar-refractivity contribution in [1.29, 1.82) is 0 Å². The van der Waals surface area contributed by atoms with Crippen LogP contribution in [0.2, 0.25) is 0 Å². The second-order valence-corrected chi connectivity index (χ2v) is 3.54. The van der Waals surface area contributed by atoms with Crippen LogP contribution in [0.5, 0.6) is 0 Å². The molecule has 0 amide bonds. The van der Waals surface area contributed by atoms with Crippen molar-refractivity contribution in [1.82, 2.24) is 0 Å². The lowest BCUT2D eigenvalue weighted by molar-refractivity contribution is 1.34. The summed E-state index contributed by atoms with van der Waals surface area (Å²) in [6, 6.07) is 6.31. The van der Waals surface area contributed by atoms with Crippen LogP contribution in [0.25, 0.3) is 6.08 Å². The van der Waals surface area contributed by atoms with Crippen LogP contribution in [-0.2, 0) is 0 Å². The Morgan fingerprint density at radius 2 is 1.62 bits per heavy atom. The van der Waals surface area contributed by atoms with Crippen LogP contribution in [0.3, 0.4) is 0 Å². The molecule has 16 heavy (non-hydrogen) atoms. The molecule has 0 saturated carbocycles. The summed E-state index contributed by atoms with van der Waals surface area (Å²) in [5.74, 6) is 0. The predicted octanol–water partition coefficient (Wildman–Crippen LogP) is 5.93. The largest absolute Gasteiger partial charge is 0.0984 e. The quantitative estimate of drug-likeness (QED) is 0.586. The summed E-state index contributed by atoms with van der Waals surface area (Å²) >= 11 is 1.63. The topological polar surface area (TPSA) is 0 Å². The van der Waals surface area contributed by atoms with E-state index in [-0.39, 0.29) is 0 Å². The zero-order chi connectivity index (χ0) is 13.0. The van der Waals surface area contributed by atoms with Crippen molar-refractivity contribution in [2.24, 2.45) is 0 Å². The lowest BCUT2D eigenvalue weighted by Crippen LogP contribution is -1.79. The Kier molecular flexibility index (Phi) is 13.2. The van der Waals surface area contributed by atoms with Gasteiger partial charge in [-0.25, -0.2) is 0 Å². The molecule has 1 heteroatoms. The molecule has 0 aromatic heterocycles. The second kappa shape index (κ2) is 12.1. The normalized spacial score (nSPS) is 7.81. The van der Waals surface area contributed by atoms with Crippen LogP contribution in [0, 0.1) is 6.92 Å². The van der Waals surface area contributed by atoms with E-state index >= 15 is 0 Å². The zero-order valence-corrected chi connectivity index (χ0v) is 12.0. The van der Waals surface area contributed by atoms with Gasteiger partial charge in [0.25, 0.3) is 0 Å². The molecule has 0 unspecified atom stereocenters. The molecular weight excluding hydrogens is 212 g/mol. The maximum absolute atomic E-state index is 3.76. The van der Waals surface area contributed by atoms with E-state index in [1.807, 2.05) is 39.2 Å². The monoisotopic (exact) mass is 236 g/mol. The van der Waals surface area contributed by atoms with Crippen LogP contribution < -0.4 is 0 Å². The van der Waals surface area contributed by atoms with Gasteiger partial charge in [-0.1, -0.05) is 70.8 Å². The average Bonchev–Trinajstić information content (AvgIpc) is 2.35. The maximum Gasteiger partial charge on any atom is 0.0190 e. The fraction of sp³-hybridized carbons (Fsp3) is 0.333. The van der Waals surface area contributed by atoms with Gasteiger partial charge in [0.05, 0.1) is 0 Å². The molecule has 90 valence electrons. The highest BCUT2D eigenvalue weighted by Gasteiger charge is 1.97. The van der Waals surface area contributed by atoms with E-state index in [4.69, 9.17) is 0 Å². The van der Waals surface area contributed by atoms with Gasteiger partial charge >= 0.3 is 0 Å². The van der Waals surface area contributed by atoms with E-state index < -0.39 is 0 Å². The van der Waals surface area contributed by atoms with Gasteiger partial charge in [0.1, 0.15) is 0 Å². The number of rotatable bonds is 3. The molecule has 0 fully saturated rings. The highest BCUT2D eigenvalue weighted by Crippen LogP contribution is 2.25. The van der Waals surface area contributed by atoms with Gasteiger partial charge in [-0.2, -0.15) is 0 Å². The standard InChI is InChI=1S/C11H12S.2C2H6/c1-4-10-7-6-9(3)8-11(10)12-5-2;2*1-2/h4-8H,1-2H2,3H3;2*1-2H3. The summed E-state index contributed by atoms with van der Waals surface area (Å²) in [6.07, 6.45) is 1.87. The van der Waals surface area contributed by atoms with E-state index in [1.165, 1.54) is 16.0 Å². The molecule has 0 N–H and O–H groups in total. The smallest absolute Gasteiger partial charge is 0.0190 e. The van der Waals surface area contributed by atoms with Gasteiger partial charge in [-0.3, -0.25) is 0 Å². The maximum atomic E-state index is 3.76. The summed E-state index contributed by atoms with van der Waals surface area (Å²) in [5.41, 5.74) is 2.44. The Hall–Kier alpha value is -0.950. The Labute approximate surface area is 105 Å². The molecule has 1 aromatic rings. The van der Waals surface area contributed by atoms with Gasteiger partial charge in [0.15, 0.2) is 0 Å². The third-order valence-electron chi connectivity index (χ3n) is 1.60. The van der Waals surface area contributed by atoms with Crippen molar-refractivity contribution in [3.8, 4) is 0 Å². The summed E-state index contributed by atoms with van der Waals surface area (Å²) in [5, 5.41) is 1.84. The van der Waals surface area contributed by atoms with Crippen LogP contribution in [0.4, 0.5) is 0 Å². The SMILES string of the molecule is C=CSc1cc(C)ccc1C=C.CC.CC. The molecule has 0 bridgehead atoms. The molecule has 1 rings (SSSR count). The first kappa shape index (κ1) is 17.4. The van der Waals surface area contributed by atoms with Crippen molar-refractivity contribution in [3.05, 3.63) is 47.9 Å². The minimum atomic E-state index is 1.17. The molecule has 0 aliphatic carbocycles. The van der Waals surface area contributed by atoms with Crippen LogP contribution in [0.1, 0.15) is 38.8 Å². The van der Waals surface area contributed by atoms with Crippen molar-refractivity contribution in [2.75, 3.05) is 0 Å². The number of hydrogen-bond donors (Lipinski definition) is 0. The summed E-state index contributed by atoms with van der Waals surface area (Å²) in [4.78, 5) is 1.22. The molecule has 0 nitrogen and oxygen atoms in total. The number of benzene rings is 1. The molecule has 0 spiro atoms. The molecule has 0 aliphatic heterocycles. The van der Waals surface area contributed by atoms with Crippen molar-refractivity contribution in [3.63, 3.8) is 0 Å². The Morgan fingerprint density at radius 1 is 1.06 bits per heavy atom. The average molecular weight is 236 g/mol. The molecule has 0 radical (unpaired) electrons. The third-order valence-corrected chi connectivity index (χ3v) is 2.37. The molecular formula is C15H24S. The summed E-state index contributed by atoms with van der Waals surface area (Å²) in [7, 11) is 0. The zero-order valence-electron chi connectivity index (χ0n) is 11.2. The molecule has 1 aromatic carbocycles. The van der Waals surface area contributed by atoms with Crippen LogP contribution >= 0.6 is 11.8 Å². The Morgan fingerprint density at radius 3 is 2.06 bits per heavy atom. The lowest BCUT2D eigenvalue weighted by Gasteiger charge is -2.03. The van der Waals surface area contributed by atoms with Crippen LogP contribution in [-0.4, -0.2) is 0 Å². The van der Waals surface area contributed by atoms with E-state index in [9.17, 15) is 0 Å². The van der Waals surface area contributed by atoms with Gasteiger partial charge in [0, 0.05) is 4.90 Å². The minimum absolute atomic E-state index is 1.17. The van der Waals surface area contributed by atoms with Gasteiger partial charge in [-0.15, -0.1) is 0 Å². The Balaban J connectivity index is 0. The fourth-order valence-electron chi connectivity index (χ4n) is 1.00. The third kappa shape index (κ3) is 6.52. The first-order valence-corrected chi connectivity index (χ1v) is 6.66. The molecule has 0 atom stereocenters. The van der Waals surface area contributed by atoms with Gasteiger partial charge in [-0.05, 0) is 29.5 Å². The number of thioether (sulfide) groups is 1. The summed E-state index contributed by atoms with van der Waals surface area (Å²) in [6.45, 7) is 17.5. The first-order chi connectivity index (χ1) is 7.77. The summed E-state index contributed by atoms with van der Waals surface area (Å²) < 4.78 is 0. The van der Waals surface area contributed by atoms with Crippen molar-refractivity contribution >= 4 is 17.8 Å². The predicted molar refractivity (Wildman–Crippen MR) is 80.0 cm³/mol. The van der Waals surface area contributed by atoms with Crippen molar-refractivity contribution < 1.29 is 0 Å². The first-order valence-electron chi connectivity index (χ1n) is 5.78. The van der Waals surface area contributed by atoms with E-state index in [2.05, 4.69) is 38.3 Å². The van der Waals surface area contributed by atoms with Crippen LogP contribution in [0.15, 0.2) is 41.7 Å². The van der Waals surface area contributed by atoms with E-state index in [1.54, 1.807) is 11.8 Å². The molecule has 0 heterocycles. The number of aryl methyl sites for hydroxylation is 1. The number of hydrogen-bond acceptors (Lipinski definition) is 1. The van der Waals surface area contributed by atoms with E-state index in [0.717, 1.165) is 0 Å².